The van der Waals surface area contributed by atoms with E-state index in [1.54, 1.807) is 0 Å². The number of aliphatic carboxylic acids is 1. The maximum atomic E-state index is 11.1. The molecule has 1 aliphatic carbocycles. The number of hydrogen-bond acceptors (Lipinski definition) is 2. The average Bonchev–Trinajstić information content (AvgIpc) is 2.07. The minimum atomic E-state index is -0.998. The van der Waals surface area contributed by atoms with Gasteiger partial charge in [-0.3, -0.25) is 4.79 Å². The number of carbonyl (C=O) groups is 1. The van der Waals surface area contributed by atoms with Gasteiger partial charge in [-0.15, -0.1) is 0 Å². The van der Waals surface area contributed by atoms with Gasteiger partial charge in [-0.1, -0.05) is 27.7 Å². The number of rotatable bonds is 1. The molecule has 0 aromatic heterocycles. The Hall–Kier alpha value is -0.570. The molecule has 0 heterocycles. The lowest BCUT2D eigenvalue weighted by atomic mass is 9.63. The Labute approximate surface area is 92.0 Å². The Morgan fingerprint density at radius 3 is 2.33 bits per heavy atom. The fraction of sp³-hybridized carbons (Fsp3) is 0.917. The van der Waals surface area contributed by atoms with E-state index in [4.69, 9.17) is 10.8 Å². The van der Waals surface area contributed by atoms with E-state index in [2.05, 4.69) is 20.8 Å². The predicted octanol–water partition coefficient (Wildman–Crippen LogP) is 2.25. The van der Waals surface area contributed by atoms with Crippen molar-refractivity contribution in [3.05, 3.63) is 0 Å². The number of carboxylic acids is 1. The molecule has 3 nitrogen and oxygen atoms in total. The molecule has 0 saturated heterocycles. The van der Waals surface area contributed by atoms with Gasteiger partial charge in [0.15, 0.2) is 0 Å². The molecular formula is C12H23NO2. The summed E-state index contributed by atoms with van der Waals surface area (Å²) in [7, 11) is 0. The van der Waals surface area contributed by atoms with Crippen LogP contribution in [0.5, 0.6) is 0 Å². The SMILES string of the molecule is CC1CC(C(C)(C)C)CCC1(N)C(=O)O. The molecule has 88 valence electrons. The van der Waals surface area contributed by atoms with Crippen molar-refractivity contribution >= 4 is 5.97 Å². The van der Waals surface area contributed by atoms with Gasteiger partial charge in [-0.05, 0) is 36.5 Å². The van der Waals surface area contributed by atoms with Crippen LogP contribution in [0.15, 0.2) is 0 Å². The van der Waals surface area contributed by atoms with E-state index in [0.717, 1.165) is 12.8 Å². The van der Waals surface area contributed by atoms with Crippen LogP contribution in [0.3, 0.4) is 0 Å². The summed E-state index contributed by atoms with van der Waals surface area (Å²) in [5.41, 5.74) is 5.21. The zero-order chi connectivity index (χ0) is 11.9. The summed E-state index contributed by atoms with van der Waals surface area (Å²) in [6.45, 7) is 8.62. The van der Waals surface area contributed by atoms with Gasteiger partial charge in [0, 0.05) is 0 Å². The second-order valence-corrected chi connectivity index (χ2v) is 6.08. The van der Waals surface area contributed by atoms with Crippen molar-refractivity contribution in [1.29, 1.82) is 0 Å². The highest BCUT2D eigenvalue weighted by molar-refractivity contribution is 5.79. The summed E-state index contributed by atoms with van der Waals surface area (Å²) in [5, 5.41) is 9.13. The van der Waals surface area contributed by atoms with Crippen molar-refractivity contribution < 1.29 is 9.90 Å². The zero-order valence-corrected chi connectivity index (χ0v) is 10.2. The Kier molecular flexibility index (Phi) is 3.15. The van der Waals surface area contributed by atoms with Crippen LogP contribution in [0.1, 0.15) is 47.0 Å². The second kappa shape index (κ2) is 3.78. The van der Waals surface area contributed by atoms with E-state index in [-0.39, 0.29) is 11.3 Å². The molecule has 1 fully saturated rings. The standard InChI is InChI=1S/C12H23NO2/c1-8-7-9(11(2,3)4)5-6-12(8,13)10(14)15/h8-9H,5-7,13H2,1-4H3,(H,14,15). The molecule has 3 atom stereocenters. The Morgan fingerprint density at radius 2 is 2.00 bits per heavy atom. The van der Waals surface area contributed by atoms with E-state index in [9.17, 15) is 4.79 Å². The third-order valence-corrected chi connectivity index (χ3v) is 4.05. The Morgan fingerprint density at radius 1 is 1.47 bits per heavy atom. The lowest BCUT2D eigenvalue weighted by Crippen LogP contribution is -2.56. The van der Waals surface area contributed by atoms with E-state index >= 15 is 0 Å². The molecule has 0 spiro atoms. The summed E-state index contributed by atoms with van der Waals surface area (Å²) in [6, 6.07) is 0. The average molecular weight is 213 g/mol. The van der Waals surface area contributed by atoms with Crippen molar-refractivity contribution in [2.75, 3.05) is 0 Å². The number of hydrogen-bond donors (Lipinski definition) is 2. The van der Waals surface area contributed by atoms with Gasteiger partial charge in [0.1, 0.15) is 5.54 Å². The first kappa shape index (κ1) is 12.5. The molecule has 3 heteroatoms. The molecule has 0 aliphatic heterocycles. The normalized spacial score (nSPS) is 37.7. The quantitative estimate of drug-likeness (QED) is 0.702. The lowest BCUT2D eigenvalue weighted by Gasteiger charge is -2.44. The lowest BCUT2D eigenvalue weighted by molar-refractivity contribution is -0.148. The molecule has 3 unspecified atom stereocenters. The van der Waals surface area contributed by atoms with Crippen LogP contribution >= 0.6 is 0 Å². The van der Waals surface area contributed by atoms with Crippen LogP contribution in [0.4, 0.5) is 0 Å². The van der Waals surface area contributed by atoms with E-state index < -0.39 is 11.5 Å². The monoisotopic (exact) mass is 213 g/mol. The fourth-order valence-corrected chi connectivity index (χ4v) is 2.52. The van der Waals surface area contributed by atoms with Gasteiger partial charge in [-0.2, -0.15) is 0 Å². The van der Waals surface area contributed by atoms with Gasteiger partial charge >= 0.3 is 5.97 Å². The van der Waals surface area contributed by atoms with Gasteiger partial charge in [0.25, 0.3) is 0 Å². The number of carboxylic acid groups (broad SMARTS) is 1. The van der Waals surface area contributed by atoms with Crippen molar-refractivity contribution in [2.24, 2.45) is 23.0 Å². The minimum absolute atomic E-state index is 0.0629. The third-order valence-electron chi connectivity index (χ3n) is 4.05. The zero-order valence-electron chi connectivity index (χ0n) is 10.2. The predicted molar refractivity (Wildman–Crippen MR) is 60.5 cm³/mol. The van der Waals surface area contributed by atoms with Crippen LogP contribution in [-0.4, -0.2) is 16.6 Å². The van der Waals surface area contributed by atoms with Gasteiger partial charge < -0.3 is 10.8 Å². The highest BCUT2D eigenvalue weighted by atomic mass is 16.4. The maximum Gasteiger partial charge on any atom is 0.323 e. The Balaban J connectivity index is 2.75. The van der Waals surface area contributed by atoms with Crippen LogP contribution in [0.2, 0.25) is 0 Å². The first-order valence-electron chi connectivity index (χ1n) is 5.70. The maximum absolute atomic E-state index is 11.1. The molecular weight excluding hydrogens is 190 g/mol. The van der Waals surface area contributed by atoms with Gasteiger partial charge in [-0.25, -0.2) is 0 Å². The van der Waals surface area contributed by atoms with Crippen LogP contribution in [0, 0.1) is 17.3 Å². The molecule has 3 N–H and O–H groups in total. The molecule has 0 aromatic carbocycles. The van der Waals surface area contributed by atoms with Crippen molar-refractivity contribution in [3.63, 3.8) is 0 Å². The second-order valence-electron chi connectivity index (χ2n) is 6.08. The van der Waals surface area contributed by atoms with Crippen LogP contribution < -0.4 is 5.73 Å². The van der Waals surface area contributed by atoms with Crippen LogP contribution in [-0.2, 0) is 4.79 Å². The molecule has 1 saturated carbocycles. The third kappa shape index (κ3) is 2.33. The first-order chi connectivity index (χ1) is 6.68. The molecule has 1 aliphatic rings. The molecule has 0 radical (unpaired) electrons. The van der Waals surface area contributed by atoms with Crippen molar-refractivity contribution in [3.8, 4) is 0 Å². The molecule has 0 aromatic rings. The first-order valence-corrected chi connectivity index (χ1v) is 5.70. The summed E-state index contributed by atoms with van der Waals surface area (Å²) in [6.07, 6.45) is 2.45. The van der Waals surface area contributed by atoms with Gasteiger partial charge in [0.2, 0.25) is 0 Å². The topological polar surface area (TPSA) is 63.3 Å². The fourth-order valence-electron chi connectivity index (χ4n) is 2.52. The van der Waals surface area contributed by atoms with Crippen molar-refractivity contribution in [1.82, 2.24) is 0 Å². The number of nitrogens with two attached hydrogens (primary N) is 1. The minimum Gasteiger partial charge on any atom is -0.480 e. The highest BCUT2D eigenvalue weighted by Gasteiger charge is 2.46. The highest BCUT2D eigenvalue weighted by Crippen LogP contribution is 2.43. The molecule has 0 amide bonds. The van der Waals surface area contributed by atoms with E-state index in [1.165, 1.54) is 0 Å². The summed E-state index contributed by atoms with van der Waals surface area (Å²) in [5.74, 6) is -0.196. The summed E-state index contributed by atoms with van der Waals surface area (Å²) >= 11 is 0. The molecule has 1 rings (SSSR count). The Bertz CT molecular complexity index is 257. The molecule has 15 heavy (non-hydrogen) atoms. The van der Waals surface area contributed by atoms with E-state index in [0.29, 0.717) is 12.3 Å². The summed E-state index contributed by atoms with van der Waals surface area (Å²) in [4.78, 5) is 11.1. The van der Waals surface area contributed by atoms with Gasteiger partial charge in [0.05, 0.1) is 0 Å². The van der Waals surface area contributed by atoms with Crippen molar-refractivity contribution in [2.45, 2.75) is 52.5 Å². The van der Waals surface area contributed by atoms with Crippen LogP contribution in [0.25, 0.3) is 0 Å². The largest absolute Gasteiger partial charge is 0.480 e. The van der Waals surface area contributed by atoms with E-state index in [1.807, 2.05) is 6.92 Å². The molecule has 0 bridgehead atoms. The summed E-state index contributed by atoms with van der Waals surface area (Å²) < 4.78 is 0. The smallest absolute Gasteiger partial charge is 0.323 e.